The smallest absolute Gasteiger partial charge is 0.252 e. The van der Waals surface area contributed by atoms with E-state index in [2.05, 4.69) is 4.90 Å². The van der Waals surface area contributed by atoms with E-state index >= 15 is 0 Å². The van der Waals surface area contributed by atoms with Crippen molar-refractivity contribution in [3.63, 3.8) is 0 Å². The number of carbonyl (C=O) groups excluding carboxylic acids is 1. The zero-order valence-electron chi connectivity index (χ0n) is 16.2. The highest BCUT2D eigenvalue weighted by molar-refractivity contribution is 7.91. The Balaban J connectivity index is 1.24. The van der Waals surface area contributed by atoms with Crippen LogP contribution in [0.5, 0.6) is 0 Å². The molecule has 28 heavy (non-hydrogen) atoms. The van der Waals surface area contributed by atoms with Crippen molar-refractivity contribution >= 4 is 27.3 Å². The van der Waals surface area contributed by atoms with Gasteiger partial charge in [-0.15, -0.1) is 11.3 Å². The van der Waals surface area contributed by atoms with Crippen LogP contribution in [-0.2, 0) is 19.6 Å². The first-order valence-electron chi connectivity index (χ1n) is 10.2. The number of nitrogens with zero attached hydrogens (tertiary/aromatic N) is 3. The number of ether oxygens (including phenoxy) is 1. The molecule has 3 fully saturated rings. The van der Waals surface area contributed by atoms with E-state index in [0.717, 1.165) is 52.2 Å². The molecule has 0 N–H and O–H groups in total. The maximum atomic E-state index is 12.9. The lowest BCUT2D eigenvalue weighted by Crippen LogP contribution is -2.52. The van der Waals surface area contributed by atoms with Gasteiger partial charge in [0.25, 0.3) is 10.0 Å². The molecule has 3 saturated heterocycles. The van der Waals surface area contributed by atoms with Gasteiger partial charge in [0, 0.05) is 58.3 Å². The molecule has 0 spiro atoms. The van der Waals surface area contributed by atoms with Gasteiger partial charge in [-0.1, -0.05) is 6.07 Å². The zero-order chi connectivity index (χ0) is 19.6. The molecule has 9 heteroatoms. The molecule has 3 aliphatic rings. The lowest BCUT2D eigenvalue weighted by molar-refractivity contribution is -0.138. The molecule has 1 atom stereocenters. The summed E-state index contributed by atoms with van der Waals surface area (Å²) in [7, 11) is -3.40. The van der Waals surface area contributed by atoms with E-state index in [4.69, 9.17) is 4.74 Å². The molecule has 0 saturated carbocycles. The Kier molecular flexibility index (Phi) is 6.37. The summed E-state index contributed by atoms with van der Waals surface area (Å²) < 4.78 is 32.9. The molecule has 4 heterocycles. The number of piperidine rings is 1. The van der Waals surface area contributed by atoms with Gasteiger partial charge < -0.3 is 9.64 Å². The van der Waals surface area contributed by atoms with Crippen LogP contribution in [0.15, 0.2) is 21.7 Å². The third kappa shape index (κ3) is 4.43. The first kappa shape index (κ1) is 20.3. The topological polar surface area (TPSA) is 70.2 Å². The molecule has 0 radical (unpaired) electrons. The molecule has 156 valence electrons. The molecule has 0 bridgehead atoms. The van der Waals surface area contributed by atoms with Crippen molar-refractivity contribution in [2.75, 3.05) is 52.4 Å². The Labute approximate surface area is 171 Å². The van der Waals surface area contributed by atoms with Crippen LogP contribution in [0.1, 0.15) is 25.7 Å². The van der Waals surface area contributed by atoms with Crippen molar-refractivity contribution in [1.29, 1.82) is 0 Å². The van der Waals surface area contributed by atoms with Crippen molar-refractivity contribution < 1.29 is 17.9 Å². The second-order valence-corrected chi connectivity index (χ2v) is 11.0. The normalized spacial score (nSPS) is 26.0. The average Bonchev–Trinajstić information content (AvgIpc) is 3.43. The molecule has 3 aliphatic heterocycles. The predicted molar refractivity (Wildman–Crippen MR) is 108 cm³/mol. The third-order valence-corrected chi connectivity index (χ3v) is 9.33. The van der Waals surface area contributed by atoms with Crippen LogP contribution in [0.4, 0.5) is 0 Å². The van der Waals surface area contributed by atoms with Crippen LogP contribution in [0.25, 0.3) is 0 Å². The maximum absolute atomic E-state index is 12.9. The predicted octanol–water partition coefficient (Wildman–Crippen LogP) is 1.47. The van der Waals surface area contributed by atoms with E-state index in [9.17, 15) is 13.2 Å². The Morgan fingerprint density at radius 1 is 1.11 bits per heavy atom. The van der Waals surface area contributed by atoms with Crippen LogP contribution in [0.2, 0.25) is 0 Å². The SMILES string of the molecule is O=C(C1CCN(S(=O)(=O)c2cccs2)CC1)N1CCN(CC2CCCO2)CC1. The number of hydrogen-bond acceptors (Lipinski definition) is 6. The molecule has 1 aromatic rings. The van der Waals surface area contributed by atoms with Crippen LogP contribution < -0.4 is 0 Å². The minimum absolute atomic E-state index is 0.0560. The van der Waals surface area contributed by atoms with Crippen molar-refractivity contribution in [3.05, 3.63) is 17.5 Å². The van der Waals surface area contributed by atoms with Crippen LogP contribution >= 0.6 is 11.3 Å². The van der Waals surface area contributed by atoms with E-state index in [0.29, 0.717) is 36.2 Å². The minimum Gasteiger partial charge on any atom is -0.377 e. The lowest BCUT2D eigenvalue weighted by atomic mass is 9.96. The fourth-order valence-electron chi connectivity index (χ4n) is 4.37. The summed E-state index contributed by atoms with van der Waals surface area (Å²) in [6, 6.07) is 3.40. The number of sulfonamides is 1. The summed E-state index contributed by atoms with van der Waals surface area (Å²) in [5, 5.41) is 1.78. The van der Waals surface area contributed by atoms with Crippen molar-refractivity contribution in [1.82, 2.24) is 14.1 Å². The summed E-state index contributed by atoms with van der Waals surface area (Å²) in [6.07, 6.45) is 3.88. The highest BCUT2D eigenvalue weighted by Crippen LogP contribution is 2.27. The number of thiophene rings is 1. The number of hydrogen-bond donors (Lipinski definition) is 0. The van der Waals surface area contributed by atoms with E-state index < -0.39 is 10.0 Å². The van der Waals surface area contributed by atoms with Crippen molar-refractivity contribution in [2.45, 2.75) is 36.0 Å². The summed E-state index contributed by atoms with van der Waals surface area (Å²) in [5.74, 6) is 0.143. The summed E-state index contributed by atoms with van der Waals surface area (Å²) in [4.78, 5) is 17.3. The van der Waals surface area contributed by atoms with Crippen LogP contribution in [-0.4, -0.2) is 87.0 Å². The van der Waals surface area contributed by atoms with E-state index in [1.807, 2.05) is 4.90 Å². The number of carbonyl (C=O) groups is 1. The first-order chi connectivity index (χ1) is 13.5. The quantitative estimate of drug-likeness (QED) is 0.712. The third-order valence-electron chi connectivity index (χ3n) is 6.06. The molecular formula is C19H29N3O4S2. The minimum atomic E-state index is -3.40. The highest BCUT2D eigenvalue weighted by Gasteiger charge is 2.35. The Hall–Kier alpha value is -1.00. The first-order valence-corrected chi connectivity index (χ1v) is 12.5. The summed E-state index contributed by atoms with van der Waals surface area (Å²) in [6.45, 7) is 6.03. The fourth-order valence-corrected chi connectivity index (χ4v) is 6.98. The monoisotopic (exact) mass is 427 g/mol. The number of amides is 1. The molecule has 0 aromatic carbocycles. The van der Waals surface area contributed by atoms with Gasteiger partial charge in [0.05, 0.1) is 6.10 Å². The summed E-state index contributed by atoms with van der Waals surface area (Å²) in [5.41, 5.74) is 0. The van der Waals surface area contributed by atoms with E-state index in [-0.39, 0.29) is 11.8 Å². The average molecular weight is 428 g/mol. The molecule has 1 amide bonds. The second-order valence-electron chi connectivity index (χ2n) is 7.87. The molecule has 1 aromatic heterocycles. The standard InChI is InChI=1S/C19H29N3O4S2/c23-19(21-11-9-20(10-12-21)15-17-3-1-13-26-17)16-5-7-22(8-6-16)28(24,25)18-4-2-14-27-18/h2,4,14,16-17H,1,3,5-13,15H2. The molecule has 7 nitrogen and oxygen atoms in total. The second kappa shape index (κ2) is 8.79. The zero-order valence-corrected chi connectivity index (χ0v) is 17.8. The van der Waals surface area contributed by atoms with Crippen molar-refractivity contribution in [2.24, 2.45) is 5.92 Å². The Morgan fingerprint density at radius 3 is 2.46 bits per heavy atom. The van der Waals surface area contributed by atoms with Gasteiger partial charge in [0.2, 0.25) is 5.91 Å². The van der Waals surface area contributed by atoms with Gasteiger partial charge in [-0.05, 0) is 37.1 Å². The van der Waals surface area contributed by atoms with Gasteiger partial charge in [-0.25, -0.2) is 8.42 Å². The van der Waals surface area contributed by atoms with Gasteiger partial charge >= 0.3 is 0 Å². The molecule has 1 unspecified atom stereocenters. The largest absolute Gasteiger partial charge is 0.377 e. The Bertz CT molecular complexity index is 746. The maximum Gasteiger partial charge on any atom is 0.252 e. The lowest BCUT2D eigenvalue weighted by Gasteiger charge is -2.38. The van der Waals surface area contributed by atoms with E-state index in [1.54, 1.807) is 17.5 Å². The van der Waals surface area contributed by atoms with Crippen LogP contribution in [0, 0.1) is 5.92 Å². The highest BCUT2D eigenvalue weighted by atomic mass is 32.2. The van der Waals surface area contributed by atoms with Gasteiger partial charge in [-0.2, -0.15) is 4.31 Å². The summed E-state index contributed by atoms with van der Waals surface area (Å²) >= 11 is 1.25. The van der Waals surface area contributed by atoms with Gasteiger partial charge in [-0.3, -0.25) is 9.69 Å². The molecular weight excluding hydrogens is 398 g/mol. The number of rotatable bonds is 5. The van der Waals surface area contributed by atoms with E-state index in [1.165, 1.54) is 15.6 Å². The van der Waals surface area contributed by atoms with Gasteiger partial charge in [0.1, 0.15) is 4.21 Å². The number of piperazine rings is 1. The van der Waals surface area contributed by atoms with Gasteiger partial charge in [0.15, 0.2) is 0 Å². The molecule has 4 rings (SSSR count). The van der Waals surface area contributed by atoms with Crippen molar-refractivity contribution in [3.8, 4) is 0 Å². The Morgan fingerprint density at radius 2 is 1.86 bits per heavy atom. The molecule has 0 aliphatic carbocycles. The fraction of sp³-hybridized carbons (Fsp3) is 0.737. The van der Waals surface area contributed by atoms with Crippen LogP contribution in [0.3, 0.4) is 0 Å².